The number of aromatic nitrogens is 1. The summed E-state index contributed by atoms with van der Waals surface area (Å²) in [4.78, 5) is 4.85. The first kappa shape index (κ1) is 42.9. The molecule has 0 spiro atoms. The average Bonchev–Trinajstić information content (AvgIpc) is 4.17. The molecule has 1 aromatic heterocycles. The van der Waals surface area contributed by atoms with Gasteiger partial charge in [-0.1, -0.05) is 109 Å². The van der Waals surface area contributed by atoms with Crippen LogP contribution in [0.4, 0.5) is 28.4 Å². The normalized spacial score (nSPS) is 18.7. The van der Waals surface area contributed by atoms with E-state index in [0.29, 0.717) is 0 Å². The number of allylic oxidation sites excluding steroid dienone is 2. The van der Waals surface area contributed by atoms with E-state index in [-0.39, 0.29) is 12.0 Å². The smallest absolute Gasteiger partial charge is 0.298 e. The quantitative estimate of drug-likeness (QED) is 0.149. The van der Waals surface area contributed by atoms with Crippen molar-refractivity contribution in [2.24, 2.45) is 27.9 Å². The molecule has 2 atom stereocenters. The first-order valence-electron chi connectivity index (χ1n) is 25.0. The van der Waals surface area contributed by atoms with Crippen LogP contribution in [0.3, 0.4) is 0 Å². The van der Waals surface area contributed by atoms with E-state index < -0.39 is 25.2 Å². The molecule has 9 nitrogen and oxygen atoms in total. The predicted octanol–water partition coefficient (Wildman–Crippen LogP) is 11.2. The van der Waals surface area contributed by atoms with Gasteiger partial charge in [-0.15, -0.1) is 0 Å². The monoisotopic (exact) mass is 981 g/mol. The van der Waals surface area contributed by atoms with Gasteiger partial charge in [-0.05, 0) is 135 Å². The second-order valence-electron chi connectivity index (χ2n) is 21.0. The summed E-state index contributed by atoms with van der Waals surface area (Å²) >= 11 is 0. The Balaban J connectivity index is 0.972. The molecule has 0 radical (unpaired) electrons. The molecule has 2 unspecified atom stereocenters. The van der Waals surface area contributed by atoms with E-state index in [1.54, 1.807) is 0 Å². The van der Waals surface area contributed by atoms with Gasteiger partial charge in [-0.2, -0.15) is 0 Å². The standard InChI is InChI=1S/C60H51N9Si3/c1-70(2)61-48-24-17-27-53(58(48)64-70)69(54-34-30-42(56-59(54)65-71(3,4)62-56)38-28-32-51-46(36-38)44-22-13-15-25-49(44)67(51)40-18-9-7-10-19-40)55-35-31-43(57-60(55)66-72(5,6)63-57)39-29-33-52-47(37-39)45-23-14-16-26-50(45)68(52)41-20-11-8-12-21-41/h7-37,44,49H,1-6H3. The highest BCUT2D eigenvalue weighted by Gasteiger charge is 2.38. The third-order valence-corrected chi connectivity index (χ3v) is 19.3. The van der Waals surface area contributed by atoms with E-state index in [1.165, 1.54) is 38.7 Å². The van der Waals surface area contributed by atoms with Gasteiger partial charge in [0.2, 0.25) is 0 Å². The lowest BCUT2D eigenvalue weighted by molar-refractivity contribution is 0.745. The zero-order valence-electron chi connectivity index (χ0n) is 41.1. The van der Waals surface area contributed by atoms with Gasteiger partial charge in [0, 0.05) is 44.9 Å². The maximum absolute atomic E-state index is 5.63. The van der Waals surface area contributed by atoms with Gasteiger partial charge in [-0.3, -0.25) is 27.9 Å². The molecule has 72 heavy (non-hydrogen) atoms. The number of nitrogens with zero attached hydrogens (tertiary/aromatic N) is 9. The van der Waals surface area contributed by atoms with Gasteiger partial charge in [0.1, 0.15) is 0 Å². The van der Waals surface area contributed by atoms with Crippen molar-refractivity contribution in [3.8, 4) is 27.9 Å². The molecule has 0 bridgehead atoms. The van der Waals surface area contributed by atoms with Crippen LogP contribution in [0, 0.1) is 0 Å². The first-order chi connectivity index (χ1) is 34.9. The number of benzene rings is 8. The Morgan fingerprint density at radius 2 is 0.986 bits per heavy atom. The molecule has 4 aliphatic heterocycles. The summed E-state index contributed by atoms with van der Waals surface area (Å²) in [6.07, 6.45) is 9.06. The van der Waals surface area contributed by atoms with Gasteiger partial charge in [0.15, 0.2) is 0 Å². The van der Waals surface area contributed by atoms with Gasteiger partial charge in [0.25, 0.3) is 25.2 Å². The Bertz CT molecular complexity index is 4300. The Kier molecular flexibility index (Phi) is 9.27. The Morgan fingerprint density at radius 1 is 0.431 bits per heavy atom. The van der Waals surface area contributed by atoms with Crippen LogP contribution in [-0.2, 0) is 0 Å². The van der Waals surface area contributed by atoms with E-state index in [9.17, 15) is 0 Å². The van der Waals surface area contributed by atoms with Crippen LogP contribution in [-0.4, -0.2) is 35.8 Å². The zero-order chi connectivity index (χ0) is 48.7. The topological polar surface area (TPSA) is 85.6 Å². The summed E-state index contributed by atoms with van der Waals surface area (Å²) in [6.45, 7) is 13.3. The molecule has 8 aromatic carbocycles. The van der Waals surface area contributed by atoms with Crippen molar-refractivity contribution >= 4 is 75.4 Å². The second kappa shape index (κ2) is 15.5. The summed E-state index contributed by atoms with van der Waals surface area (Å²) in [5, 5.41) is 7.93. The number of anilines is 5. The Morgan fingerprint density at radius 3 is 1.69 bits per heavy atom. The summed E-state index contributed by atoms with van der Waals surface area (Å²) in [6, 6.07) is 59.6. The number of para-hydroxylation sites is 3. The summed E-state index contributed by atoms with van der Waals surface area (Å²) in [5.74, 6) is 0.228. The van der Waals surface area contributed by atoms with Gasteiger partial charge >= 0.3 is 0 Å². The summed E-state index contributed by atoms with van der Waals surface area (Å²) in [7, 11) is -7.24. The molecule has 0 fully saturated rings. The van der Waals surface area contributed by atoms with E-state index >= 15 is 0 Å². The summed E-state index contributed by atoms with van der Waals surface area (Å²) in [5.41, 5.74) is 14.5. The minimum absolute atomic E-state index is 0.204. The largest absolute Gasteiger partial charge is 0.333 e. The van der Waals surface area contributed by atoms with Gasteiger partial charge < -0.3 is 14.4 Å². The fraction of sp³-hybridized carbons (Fsp3) is 0.133. The Labute approximate surface area is 420 Å². The molecular weight excluding hydrogens is 931 g/mol. The van der Waals surface area contributed by atoms with Crippen LogP contribution in [0.5, 0.6) is 0 Å². The molecule has 12 heteroatoms. The van der Waals surface area contributed by atoms with E-state index in [1.807, 2.05) is 0 Å². The molecule has 0 amide bonds. The molecule has 1 aliphatic carbocycles. The second-order valence-corrected chi connectivity index (χ2v) is 31.3. The molecule has 0 saturated heterocycles. The highest BCUT2D eigenvalue weighted by Crippen LogP contribution is 2.49. The van der Waals surface area contributed by atoms with Crippen LogP contribution in [0.2, 0.25) is 39.3 Å². The van der Waals surface area contributed by atoms with Crippen LogP contribution in [0.25, 0.3) is 49.7 Å². The third-order valence-electron chi connectivity index (χ3n) is 14.7. The van der Waals surface area contributed by atoms with Crippen LogP contribution >= 0.6 is 0 Å². The van der Waals surface area contributed by atoms with E-state index in [0.717, 1.165) is 77.1 Å². The molecular formula is C60H51N9Si3. The molecule has 5 heterocycles. The molecule has 348 valence electrons. The van der Waals surface area contributed by atoms with Crippen molar-refractivity contribution in [1.82, 2.24) is 4.57 Å². The maximum Gasteiger partial charge on any atom is 0.298 e. The zero-order valence-corrected chi connectivity index (χ0v) is 44.1. The SMILES string of the molecule is C[Si]1(C)N=c2cccc(N(c3ccc(-c4ccc5c(c4)C4C=CC=CC4N5c4ccccc4)c4c3=N[Si](C)(C)N=4)c3ccc(-c4ccc5c(c4)c4ccccc4n5-c4ccccc4)c4c3=N[Si](C)(C)N=4)c2=N1. The van der Waals surface area contributed by atoms with E-state index in [2.05, 4.69) is 242 Å². The van der Waals surface area contributed by atoms with Gasteiger partial charge in [-0.25, -0.2) is 0 Å². The fourth-order valence-electron chi connectivity index (χ4n) is 11.8. The molecule has 14 rings (SSSR count). The molecule has 0 saturated carbocycles. The predicted molar refractivity (Wildman–Crippen MR) is 299 cm³/mol. The molecule has 9 aromatic rings. The third kappa shape index (κ3) is 6.69. The minimum Gasteiger partial charge on any atom is -0.333 e. The van der Waals surface area contributed by atoms with Gasteiger partial charge in [0.05, 0.1) is 66.3 Å². The number of fused-ring (bicyclic) bond motifs is 9. The maximum atomic E-state index is 5.63. The van der Waals surface area contributed by atoms with Crippen molar-refractivity contribution in [3.05, 3.63) is 226 Å². The number of rotatable bonds is 7. The Hall–Kier alpha value is -7.91. The van der Waals surface area contributed by atoms with Crippen molar-refractivity contribution in [2.75, 3.05) is 9.80 Å². The highest BCUT2D eigenvalue weighted by molar-refractivity contribution is 6.75. The summed E-state index contributed by atoms with van der Waals surface area (Å²) < 4.78 is 35.4. The van der Waals surface area contributed by atoms with E-state index in [4.69, 9.17) is 27.9 Å². The molecule has 0 N–H and O–H groups in total. The lowest BCUT2D eigenvalue weighted by Crippen LogP contribution is -2.38. The van der Waals surface area contributed by atoms with Crippen molar-refractivity contribution < 1.29 is 0 Å². The minimum atomic E-state index is -2.48. The highest BCUT2D eigenvalue weighted by atomic mass is 28.4. The average molecular weight is 982 g/mol. The lowest BCUT2D eigenvalue weighted by Gasteiger charge is -2.28. The fourth-order valence-corrected chi connectivity index (χ4v) is 16.6. The molecule has 5 aliphatic rings. The van der Waals surface area contributed by atoms with Crippen LogP contribution < -0.4 is 41.9 Å². The number of hydrogen-bond donors (Lipinski definition) is 0. The number of hydrogen-bond acceptors (Lipinski definition) is 8. The van der Waals surface area contributed by atoms with Crippen molar-refractivity contribution in [2.45, 2.75) is 51.2 Å². The van der Waals surface area contributed by atoms with Crippen LogP contribution in [0.15, 0.2) is 216 Å². The first-order valence-corrected chi connectivity index (χ1v) is 33.6. The van der Waals surface area contributed by atoms with Crippen LogP contribution in [0.1, 0.15) is 11.5 Å². The lowest BCUT2D eigenvalue weighted by atomic mass is 9.89. The van der Waals surface area contributed by atoms with Crippen molar-refractivity contribution in [1.29, 1.82) is 0 Å². The van der Waals surface area contributed by atoms with Crippen molar-refractivity contribution in [3.63, 3.8) is 0 Å².